The minimum absolute atomic E-state index is 0.132. The Morgan fingerprint density at radius 1 is 1.07 bits per heavy atom. The molecule has 146 valence electrons. The summed E-state index contributed by atoms with van der Waals surface area (Å²) in [6.45, 7) is 1.47. The van der Waals surface area contributed by atoms with Crippen LogP contribution in [0, 0.1) is 0 Å². The third kappa shape index (κ3) is 4.27. The lowest BCUT2D eigenvalue weighted by Gasteiger charge is -2.17. The number of nitrogens with one attached hydrogen (secondary N) is 2. The third-order valence-electron chi connectivity index (χ3n) is 4.19. The van der Waals surface area contributed by atoms with Crippen molar-refractivity contribution in [3.05, 3.63) is 65.7 Å². The van der Waals surface area contributed by atoms with Crippen LogP contribution >= 0.6 is 11.6 Å². The number of anilines is 1. The van der Waals surface area contributed by atoms with Gasteiger partial charge in [0.25, 0.3) is 0 Å². The van der Waals surface area contributed by atoms with Crippen LogP contribution in [0.25, 0.3) is 10.8 Å². The molecule has 0 unspecified atom stereocenters. The first-order valence-corrected chi connectivity index (χ1v) is 10.3. The van der Waals surface area contributed by atoms with Crippen molar-refractivity contribution in [2.75, 3.05) is 12.4 Å². The molecule has 0 heterocycles. The SMILES string of the molecule is COc1ccc(Cl)cc1S(=O)(=O)N[C@@H](C)C(=O)Nc1cccc2ccccc12. The first-order chi connectivity index (χ1) is 13.3. The molecule has 0 aliphatic heterocycles. The third-order valence-corrected chi connectivity index (χ3v) is 5.98. The molecule has 1 amide bonds. The molecule has 6 nitrogen and oxygen atoms in total. The first-order valence-electron chi connectivity index (χ1n) is 8.46. The maximum absolute atomic E-state index is 12.7. The number of hydrogen-bond donors (Lipinski definition) is 2. The highest BCUT2D eigenvalue weighted by Gasteiger charge is 2.25. The molecule has 0 bridgehead atoms. The Kier molecular flexibility index (Phi) is 5.88. The Morgan fingerprint density at radius 3 is 2.54 bits per heavy atom. The molecule has 0 spiro atoms. The summed E-state index contributed by atoms with van der Waals surface area (Å²) in [7, 11) is -2.66. The summed E-state index contributed by atoms with van der Waals surface area (Å²) in [5.41, 5.74) is 0.606. The van der Waals surface area contributed by atoms with Gasteiger partial charge in [0.1, 0.15) is 10.6 Å². The molecule has 0 aliphatic carbocycles. The van der Waals surface area contributed by atoms with Gasteiger partial charge in [0.2, 0.25) is 15.9 Å². The van der Waals surface area contributed by atoms with E-state index in [-0.39, 0.29) is 15.7 Å². The molecule has 0 fully saturated rings. The van der Waals surface area contributed by atoms with Crippen LogP contribution in [0.15, 0.2) is 65.6 Å². The van der Waals surface area contributed by atoms with Crippen LogP contribution in [0.3, 0.4) is 0 Å². The van der Waals surface area contributed by atoms with Crippen LogP contribution in [0.2, 0.25) is 5.02 Å². The van der Waals surface area contributed by atoms with Gasteiger partial charge in [-0.2, -0.15) is 4.72 Å². The zero-order valence-electron chi connectivity index (χ0n) is 15.3. The van der Waals surface area contributed by atoms with Crippen LogP contribution in [0.4, 0.5) is 5.69 Å². The van der Waals surface area contributed by atoms with Crippen LogP contribution in [-0.2, 0) is 14.8 Å². The summed E-state index contributed by atoms with van der Waals surface area (Å²) in [5, 5.41) is 4.86. The highest BCUT2D eigenvalue weighted by molar-refractivity contribution is 7.89. The van der Waals surface area contributed by atoms with Crippen molar-refractivity contribution in [3.63, 3.8) is 0 Å². The van der Waals surface area contributed by atoms with Crippen molar-refractivity contribution in [1.29, 1.82) is 0 Å². The van der Waals surface area contributed by atoms with Crippen molar-refractivity contribution >= 4 is 44.0 Å². The van der Waals surface area contributed by atoms with E-state index in [1.54, 1.807) is 6.07 Å². The molecule has 3 aromatic rings. The summed E-state index contributed by atoms with van der Waals surface area (Å²) >= 11 is 5.91. The molecule has 1 atom stereocenters. The number of benzene rings is 3. The lowest BCUT2D eigenvalue weighted by atomic mass is 10.1. The van der Waals surface area contributed by atoms with Gasteiger partial charge in [-0.05, 0) is 36.6 Å². The molecule has 3 rings (SSSR count). The van der Waals surface area contributed by atoms with Gasteiger partial charge in [0.15, 0.2) is 0 Å². The van der Waals surface area contributed by atoms with Gasteiger partial charge in [0, 0.05) is 16.1 Å². The molecular weight excluding hydrogens is 400 g/mol. The van der Waals surface area contributed by atoms with E-state index in [0.29, 0.717) is 5.69 Å². The fraction of sp³-hybridized carbons (Fsp3) is 0.150. The Hall–Kier alpha value is -2.61. The minimum Gasteiger partial charge on any atom is -0.495 e. The standard InChI is InChI=1S/C20H19ClN2O4S/c1-13(23-28(25,26)19-12-15(21)10-11-18(19)27-2)20(24)22-17-9-5-7-14-6-3-4-8-16(14)17/h3-13,23H,1-2H3,(H,22,24)/t13-/m0/s1. The number of hydrogen-bond acceptors (Lipinski definition) is 4. The summed E-state index contributed by atoms with van der Waals surface area (Å²) < 4.78 is 32.9. The number of rotatable bonds is 6. The van der Waals surface area contributed by atoms with E-state index in [2.05, 4.69) is 10.0 Å². The summed E-state index contributed by atoms with van der Waals surface area (Å²) in [4.78, 5) is 12.5. The number of carbonyl (C=O) groups excluding carboxylic acids is 1. The fourth-order valence-electron chi connectivity index (χ4n) is 2.79. The Bertz CT molecular complexity index is 1130. The topological polar surface area (TPSA) is 84.5 Å². The lowest BCUT2D eigenvalue weighted by Crippen LogP contribution is -2.41. The minimum atomic E-state index is -4.02. The van der Waals surface area contributed by atoms with E-state index in [1.165, 1.54) is 32.2 Å². The quantitative estimate of drug-likeness (QED) is 0.637. The van der Waals surface area contributed by atoms with E-state index < -0.39 is 22.0 Å². The van der Waals surface area contributed by atoms with Gasteiger partial charge in [-0.1, -0.05) is 48.0 Å². The van der Waals surface area contributed by atoms with Gasteiger partial charge in [0.05, 0.1) is 13.2 Å². The molecule has 0 saturated carbocycles. The molecule has 0 aromatic heterocycles. The second-order valence-electron chi connectivity index (χ2n) is 6.15. The average molecular weight is 419 g/mol. The number of halogens is 1. The lowest BCUT2D eigenvalue weighted by molar-refractivity contribution is -0.117. The van der Waals surface area contributed by atoms with Gasteiger partial charge in [-0.25, -0.2) is 8.42 Å². The number of methoxy groups -OCH3 is 1. The van der Waals surface area contributed by atoms with Crippen LogP contribution < -0.4 is 14.8 Å². The number of amides is 1. The smallest absolute Gasteiger partial charge is 0.245 e. The van der Waals surface area contributed by atoms with E-state index in [1.807, 2.05) is 36.4 Å². The van der Waals surface area contributed by atoms with E-state index in [0.717, 1.165) is 10.8 Å². The highest BCUT2D eigenvalue weighted by Crippen LogP contribution is 2.27. The van der Waals surface area contributed by atoms with E-state index >= 15 is 0 Å². The van der Waals surface area contributed by atoms with Crippen LogP contribution in [0.1, 0.15) is 6.92 Å². The molecule has 0 radical (unpaired) electrons. The van der Waals surface area contributed by atoms with Gasteiger partial charge < -0.3 is 10.1 Å². The van der Waals surface area contributed by atoms with Crippen molar-refractivity contribution in [1.82, 2.24) is 4.72 Å². The zero-order valence-corrected chi connectivity index (χ0v) is 16.8. The van der Waals surface area contributed by atoms with Crippen LogP contribution in [-0.4, -0.2) is 27.5 Å². The summed E-state index contributed by atoms with van der Waals surface area (Å²) in [5.74, 6) is -0.348. The second kappa shape index (κ2) is 8.18. The predicted molar refractivity (Wildman–Crippen MR) is 110 cm³/mol. The molecule has 3 aromatic carbocycles. The molecule has 8 heteroatoms. The summed E-state index contributed by atoms with van der Waals surface area (Å²) in [6, 6.07) is 16.4. The van der Waals surface area contributed by atoms with Crippen molar-refractivity contribution in [3.8, 4) is 5.75 Å². The maximum atomic E-state index is 12.7. The van der Waals surface area contributed by atoms with Crippen molar-refractivity contribution in [2.24, 2.45) is 0 Å². The Morgan fingerprint density at radius 2 is 1.79 bits per heavy atom. The van der Waals surface area contributed by atoms with Gasteiger partial charge >= 0.3 is 0 Å². The normalized spacial score (nSPS) is 12.5. The zero-order chi connectivity index (χ0) is 20.3. The van der Waals surface area contributed by atoms with E-state index in [4.69, 9.17) is 16.3 Å². The van der Waals surface area contributed by atoms with E-state index in [9.17, 15) is 13.2 Å². The van der Waals surface area contributed by atoms with Gasteiger partial charge in [-0.15, -0.1) is 0 Å². The molecule has 0 saturated heterocycles. The van der Waals surface area contributed by atoms with Gasteiger partial charge in [-0.3, -0.25) is 4.79 Å². The van der Waals surface area contributed by atoms with Crippen LogP contribution in [0.5, 0.6) is 5.75 Å². The number of carbonyl (C=O) groups is 1. The summed E-state index contributed by atoms with van der Waals surface area (Å²) in [6.07, 6.45) is 0. The molecule has 2 N–H and O–H groups in total. The number of fused-ring (bicyclic) bond motifs is 1. The number of ether oxygens (including phenoxy) is 1. The number of sulfonamides is 1. The second-order valence-corrected chi connectivity index (χ2v) is 8.27. The Balaban J connectivity index is 1.81. The maximum Gasteiger partial charge on any atom is 0.245 e. The Labute approximate surface area is 168 Å². The predicted octanol–water partition coefficient (Wildman–Crippen LogP) is 3.81. The molecule has 0 aliphatic rings. The fourth-order valence-corrected chi connectivity index (χ4v) is 4.42. The van der Waals surface area contributed by atoms with Crippen molar-refractivity contribution < 1.29 is 17.9 Å². The van der Waals surface area contributed by atoms with Crippen molar-refractivity contribution in [2.45, 2.75) is 17.9 Å². The largest absolute Gasteiger partial charge is 0.495 e. The average Bonchev–Trinajstić information content (AvgIpc) is 2.68. The highest BCUT2D eigenvalue weighted by atomic mass is 35.5. The molecular formula is C20H19ClN2O4S. The molecule has 28 heavy (non-hydrogen) atoms. The monoisotopic (exact) mass is 418 g/mol. The first kappa shape index (κ1) is 20.1.